The van der Waals surface area contributed by atoms with E-state index in [2.05, 4.69) is 44.8 Å². The van der Waals surface area contributed by atoms with Gasteiger partial charge in [0.1, 0.15) is 0 Å². The number of aliphatic hydroxyl groups excluding tert-OH is 1. The largest absolute Gasteiger partial charge is 0.396 e. The lowest BCUT2D eigenvalue weighted by atomic mass is 10.0. The van der Waals surface area contributed by atoms with E-state index in [1.807, 2.05) is 36.4 Å². The maximum absolute atomic E-state index is 9.78. The number of benzene rings is 2. The molecule has 7 heteroatoms. The van der Waals surface area contributed by atoms with Crippen LogP contribution in [0.3, 0.4) is 0 Å². The van der Waals surface area contributed by atoms with E-state index < -0.39 is 0 Å². The number of morpholine rings is 1. The third kappa shape index (κ3) is 7.23. The van der Waals surface area contributed by atoms with Gasteiger partial charge < -0.3 is 20.5 Å². The van der Waals surface area contributed by atoms with Crippen molar-refractivity contribution in [1.29, 1.82) is 0 Å². The molecule has 6 nitrogen and oxygen atoms in total. The van der Waals surface area contributed by atoms with Crippen LogP contribution in [0.2, 0.25) is 0 Å². The van der Waals surface area contributed by atoms with Crippen molar-refractivity contribution < 1.29 is 9.84 Å². The van der Waals surface area contributed by atoms with Gasteiger partial charge in [0.15, 0.2) is 5.96 Å². The van der Waals surface area contributed by atoms with E-state index in [-0.39, 0.29) is 42.5 Å². The van der Waals surface area contributed by atoms with E-state index in [9.17, 15) is 5.11 Å². The van der Waals surface area contributed by atoms with Crippen LogP contribution in [0.15, 0.2) is 65.7 Å². The van der Waals surface area contributed by atoms with Crippen LogP contribution in [0.25, 0.3) is 0 Å². The Hall–Kier alpha value is -1.68. The first-order valence-electron chi connectivity index (χ1n) is 10.3. The molecule has 2 atom stereocenters. The van der Waals surface area contributed by atoms with Gasteiger partial charge in [-0.05, 0) is 11.1 Å². The van der Waals surface area contributed by atoms with Crippen LogP contribution in [0.4, 0.5) is 0 Å². The second-order valence-corrected chi connectivity index (χ2v) is 7.20. The van der Waals surface area contributed by atoms with Gasteiger partial charge in [-0.15, -0.1) is 24.0 Å². The summed E-state index contributed by atoms with van der Waals surface area (Å²) in [5.74, 6) is 0.771. The van der Waals surface area contributed by atoms with Crippen LogP contribution in [-0.2, 0) is 4.74 Å². The molecule has 2 aromatic carbocycles. The van der Waals surface area contributed by atoms with Gasteiger partial charge in [0, 0.05) is 39.1 Å². The summed E-state index contributed by atoms with van der Waals surface area (Å²) in [4.78, 5) is 6.83. The highest BCUT2D eigenvalue weighted by molar-refractivity contribution is 14.0. The second kappa shape index (κ2) is 13.6. The van der Waals surface area contributed by atoms with Crippen molar-refractivity contribution in [2.75, 3.05) is 53.0 Å². The van der Waals surface area contributed by atoms with E-state index in [0.717, 1.165) is 44.4 Å². The van der Waals surface area contributed by atoms with Crippen molar-refractivity contribution in [2.45, 2.75) is 12.0 Å². The van der Waals surface area contributed by atoms with Crippen LogP contribution in [-0.4, -0.2) is 69.0 Å². The molecule has 0 spiro atoms. The van der Waals surface area contributed by atoms with Gasteiger partial charge in [-0.25, -0.2) is 0 Å². The average Bonchev–Trinajstić information content (AvgIpc) is 2.80. The standard InChI is InChI=1S/C23H32N4O2.HI/c1-24-23(25-16-21(18-28)19-8-4-2-5-9-19)26-17-22(20-10-6-3-7-11-20)27-12-14-29-15-13-27;/h2-11,21-22,28H,12-18H2,1H3,(H2,24,25,26);1H. The molecule has 0 aliphatic carbocycles. The van der Waals surface area contributed by atoms with Gasteiger partial charge >= 0.3 is 0 Å². The van der Waals surface area contributed by atoms with Gasteiger partial charge in [0.25, 0.3) is 0 Å². The lowest BCUT2D eigenvalue weighted by Gasteiger charge is -2.35. The fourth-order valence-electron chi connectivity index (χ4n) is 3.67. The fourth-order valence-corrected chi connectivity index (χ4v) is 3.67. The summed E-state index contributed by atoms with van der Waals surface area (Å²) in [6.45, 7) is 4.85. The van der Waals surface area contributed by atoms with E-state index in [0.29, 0.717) is 6.54 Å². The van der Waals surface area contributed by atoms with Crippen LogP contribution >= 0.6 is 24.0 Å². The normalized spacial score (nSPS) is 16.9. The number of halogens is 1. The van der Waals surface area contributed by atoms with Gasteiger partial charge in [-0.1, -0.05) is 60.7 Å². The zero-order valence-electron chi connectivity index (χ0n) is 17.5. The highest BCUT2D eigenvalue weighted by Crippen LogP contribution is 2.21. The molecule has 1 heterocycles. The Bertz CT molecular complexity index is 739. The minimum atomic E-state index is 0. The first-order chi connectivity index (χ1) is 14.3. The Morgan fingerprint density at radius 2 is 1.53 bits per heavy atom. The topological polar surface area (TPSA) is 69.1 Å². The quantitative estimate of drug-likeness (QED) is 0.282. The summed E-state index contributed by atoms with van der Waals surface area (Å²) in [5.41, 5.74) is 2.41. The number of hydrogen-bond acceptors (Lipinski definition) is 4. The molecule has 1 saturated heterocycles. The Kier molecular flexibility index (Phi) is 11.1. The summed E-state index contributed by atoms with van der Waals surface area (Å²) in [7, 11) is 1.78. The third-order valence-electron chi connectivity index (χ3n) is 5.36. The molecule has 1 fully saturated rings. The first-order valence-corrected chi connectivity index (χ1v) is 10.3. The number of rotatable bonds is 8. The average molecular weight is 524 g/mol. The van der Waals surface area contributed by atoms with Gasteiger partial charge in [0.05, 0.1) is 25.9 Å². The predicted octanol–water partition coefficient (Wildman–Crippen LogP) is 2.62. The van der Waals surface area contributed by atoms with Gasteiger partial charge in [-0.2, -0.15) is 0 Å². The number of hydrogen-bond donors (Lipinski definition) is 3. The monoisotopic (exact) mass is 524 g/mol. The second-order valence-electron chi connectivity index (χ2n) is 7.20. The van der Waals surface area contributed by atoms with Crippen molar-refractivity contribution >= 4 is 29.9 Å². The molecule has 0 bridgehead atoms. The Labute approximate surface area is 196 Å². The number of ether oxygens (including phenoxy) is 1. The fraction of sp³-hybridized carbons (Fsp3) is 0.435. The van der Waals surface area contributed by atoms with Crippen LogP contribution in [0, 0.1) is 0 Å². The third-order valence-corrected chi connectivity index (χ3v) is 5.36. The highest BCUT2D eigenvalue weighted by atomic mass is 127. The molecule has 2 unspecified atom stereocenters. The molecule has 0 aromatic heterocycles. The summed E-state index contributed by atoms with van der Waals surface area (Å²) in [6.07, 6.45) is 0. The van der Waals surface area contributed by atoms with Gasteiger partial charge in [-0.3, -0.25) is 9.89 Å². The smallest absolute Gasteiger partial charge is 0.191 e. The molecule has 0 amide bonds. The number of aliphatic hydroxyl groups is 1. The molecule has 3 rings (SSSR count). The molecule has 1 aliphatic rings. The van der Waals surface area contributed by atoms with Crippen molar-refractivity contribution in [3.05, 3.63) is 71.8 Å². The van der Waals surface area contributed by atoms with Crippen molar-refractivity contribution in [1.82, 2.24) is 15.5 Å². The Morgan fingerprint density at radius 1 is 0.967 bits per heavy atom. The number of guanidine groups is 1. The minimum absolute atomic E-state index is 0. The molecule has 0 saturated carbocycles. The molecule has 30 heavy (non-hydrogen) atoms. The molecular formula is C23H33IN4O2. The van der Waals surface area contributed by atoms with E-state index >= 15 is 0 Å². The van der Waals surface area contributed by atoms with Gasteiger partial charge in [0.2, 0.25) is 0 Å². The van der Waals surface area contributed by atoms with Crippen LogP contribution in [0.5, 0.6) is 0 Å². The minimum Gasteiger partial charge on any atom is -0.396 e. The molecule has 2 aromatic rings. The number of nitrogens with one attached hydrogen (secondary N) is 2. The van der Waals surface area contributed by atoms with Crippen molar-refractivity contribution in [2.24, 2.45) is 4.99 Å². The summed E-state index contributed by atoms with van der Waals surface area (Å²) >= 11 is 0. The highest BCUT2D eigenvalue weighted by Gasteiger charge is 2.23. The SMILES string of the molecule is CN=C(NCC(CO)c1ccccc1)NCC(c1ccccc1)N1CCOCC1.I. The Morgan fingerprint density at radius 3 is 2.10 bits per heavy atom. The lowest BCUT2D eigenvalue weighted by molar-refractivity contribution is 0.0170. The maximum atomic E-state index is 9.78. The first kappa shape index (κ1) is 24.6. The van der Waals surface area contributed by atoms with E-state index in [1.165, 1.54) is 5.56 Å². The van der Waals surface area contributed by atoms with Crippen molar-refractivity contribution in [3.63, 3.8) is 0 Å². The number of aliphatic imine (C=N–C) groups is 1. The maximum Gasteiger partial charge on any atom is 0.191 e. The number of nitrogens with zero attached hydrogens (tertiary/aromatic N) is 2. The van der Waals surface area contributed by atoms with E-state index in [1.54, 1.807) is 7.05 Å². The molecule has 1 aliphatic heterocycles. The van der Waals surface area contributed by atoms with Crippen LogP contribution < -0.4 is 10.6 Å². The van der Waals surface area contributed by atoms with Crippen molar-refractivity contribution in [3.8, 4) is 0 Å². The van der Waals surface area contributed by atoms with Crippen LogP contribution in [0.1, 0.15) is 23.1 Å². The van der Waals surface area contributed by atoms with E-state index in [4.69, 9.17) is 4.74 Å². The molecular weight excluding hydrogens is 491 g/mol. The summed E-state index contributed by atoms with van der Waals surface area (Å²) < 4.78 is 5.53. The molecule has 3 N–H and O–H groups in total. The lowest BCUT2D eigenvalue weighted by Crippen LogP contribution is -2.47. The predicted molar refractivity (Wildman–Crippen MR) is 133 cm³/mol. The Balaban J connectivity index is 0.00000320. The summed E-state index contributed by atoms with van der Waals surface area (Å²) in [5, 5.41) is 16.6. The molecule has 0 radical (unpaired) electrons. The zero-order valence-corrected chi connectivity index (χ0v) is 19.9. The zero-order chi connectivity index (χ0) is 20.3. The summed E-state index contributed by atoms with van der Waals surface area (Å²) in [6, 6.07) is 20.9. The molecule has 164 valence electrons.